The Morgan fingerprint density at radius 2 is 1.50 bits per heavy atom. The van der Waals surface area contributed by atoms with Gasteiger partial charge in [-0.15, -0.1) is 0 Å². The minimum atomic E-state index is -0.616. The van der Waals surface area contributed by atoms with Gasteiger partial charge in [0.05, 0.1) is 0 Å². The topological polar surface area (TPSA) is 0 Å². The summed E-state index contributed by atoms with van der Waals surface area (Å²) in [7, 11) is 0. The fraction of sp³-hybridized carbons (Fsp3) is 1.00. The molecule has 0 rings (SSSR count). The molecule has 0 aliphatic heterocycles. The van der Waals surface area contributed by atoms with Crippen LogP contribution in [-0.2, 0) is 0 Å². The Balaban J connectivity index is 2.75. The van der Waals surface area contributed by atoms with Crippen molar-refractivity contribution in [1.82, 2.24) is 0 Å². The quantitative estimate of drug-likeness (QED) is 0.587. The van der Waals surface area contributed by atoms with Crippen molar-refractivity contribution in [3.05, 3.63) is 0 Å². The second-order valence-electron chi connectivity index (χ2n) is 1.66. The first kappa shape index (κ1) is 6.80. The second kappa shape index (κ2) is 3.97. The van der Waals surface area contributed by atoms with Crippen molar-refractivity contribution in [2.45, 2.75) is 27.7 Å². The van der Waals surface area contributed by atoms with Gasteiger partial charge in [-0.2, -0.15) is 0 Å². The van der Waals surface area contributed by atoms with E-state index in [2.05, 4.69) is 18.8 Å². The molecule has 0 spiro atoms. The zero-order valence-corrected chi connectivity index (χ0v) is 7.77. The molecule has 0 bridgehead atoms. The van der Waals surface area contributed by atoms with Crippen molar-refractivity contribution in [2.75, 3.05) is 0 Å². The van der Waals surface area contributed by atoms with Crippen LogP contribution >= 0.6 is 0 Å². The van der Waals surface area contributed by atoms with Crippen LogP contribution in [0.15, 0.2) is 0 Å². The van der Waals surface area contributed by atoms with E-state index in [1.807, 2.05) is 0 Å². The molecule has 0 heterocycles. The van der Waals surface area contributed by atoms with Crippen LogP contribution in [0, 0.1) is 0 Å². The van der Waals surface area contributed by atoms with Crippen molar-refractivity contribution in [1.29, 1.82) is 0 Å². The summed E-state index contributed by atoms with van der Waals surface area (Å²) in [5.74, 6) is 0. The molecular formula is C5H13Sn. The standard InChI is InChI=1S/2C2H5.CH3.Sn/c2*1-2;;/h2*1H2,2H3;1H3;. The first-order chi connectivity index (χ1) is 2.81. The van der Waals surface area contributed by atoms with E-state index < -0.39 is 19.8 Å². The summed E-state index contributed by atoms with van der Waals surface area (Å²) in [6.45, 7) is 4.64. The first-order valence-corrected chi connectivity index (χ1v) is 9.51. The summed E-state index contributed by atoms with van der Waals surface area (Å²) in [5.41, 5.74) is 0. The van der Waals surface area contributed by atoms with Crippen LogP contribution in [0.3, 0.4) is 0 Å². The Kier molecular flexibility index (Phi) is 4.50. The number of hydrogen-bond donors (Lipinski definition) is 0. The van der Waals surface area contributed by atoms with Crippen molar-refractivity contribution in [3.63, 3.8) is 0 Å². The average Bonchev–Trinajstić information content (AvgIpc) is 1.65. The predicted molar refractivity (Wildman–Crippen MR) is 32.6 cm³/mol. The van der Waals surface area contributed by atoms with Gasteiger partial charge >= 0.3 is 47.4 Å². The van der Waals surface area contributed by atoms with Gasteiger partial charge in [0.2, 0.25) is 0 Å². The molecule has 1 radical (unpaired) electrons. The number of rotatable bonds is 2. The van der Waals surface area contributed by atoms with Gasteiger partial charge in [0.15, 0.2) is 0 Å². The molecule has 6 heavy (non-hydrogen) atoms. The molecule has 0 fully saturated rings. The van der Waals surface area contributed by atoms with Crippen LogP contribution < -0.4 is 0 Å². The molecule has 0 unspecified atom stereocenters. The zero-order chi connectivity index (χ0) is 4.99. The van der Waals surface area contributed by atoms with Gasteiger partial charge in [0, 0.05) is 0 Å². The van der Waals surface area contributed by atoms with E-state index in [0.29, 0.717) is 0 Å². The molecule has 0 atom stereocenters. The summed E-state index contributed by atoms with van der Waals surface area (Å²) in [4.78, 5) is 2.47. The van der Waals surface area contributed by atoms with Crippen LogP contribution in [0.2, 0.25) is 13.8 Å². The Morgan fingerprint density at radius 1 is 1.17 bits per heavy atom. The van der Waals surface area contributed by atoms with Gasteiger partial charge in [0.1, 0.15) is 0 Å². The normalized spacial score (nSPS) is 10.0. The van der Waals surface area contributed by atoms with E-state index in [1.54, 1.807) is 0 Å². The molecule has 0 saturated carbocycles. The third kappa shape index (κ3) is 3.01. The fourth-order valence-electron chi connectivity index (χ4n) is 0.250. The second-order valence-corrected chi connectivity index (χ2v) is 11.2. The van der Waals surface area contributed by atoms with Gasteiger partial charge in [-0.25, -0.2) is 0 Å². The summed E-state index contributed by atoms with van der Waals surface area (Å²) >= 11 is -0.616. The van der Waals surface area contributed by atoms with Crippen molar-refractivity contribution < 1.29 is 0 Å². The van der Waals surface area contributed by atoms with Crippen molar-refractivity contribution >= 4 is 19.8 Å². The van der Waals surface area contributed by atoms with Gasteiger partial charge in [0.25, 0.3) is 0 Å². The van der Waals surface area contributed by atoms with Crippen LogP contribution in [0.1, 0.15) is 13.8 Å². The molecule has 1 heteroatoms. The Hall–Kier alpha value is 0.799. The number of hydrogen-bond acceptors (Lipinski definition) is 0. The van der Waals surface area contributed by atoms with E-state index in [1.165, 1.54) is 8.87 Å². The Bertz CT molecular complexity index is 23.1. The van der Waals surface area contributed by atoms with E-state index in [4.69, 9.17) is 0 Å². The van der Waals surface area contributed by atoms with Crippen LogP contribution in [0.5, 0.6) is 0 Å². The third-order valence-corrected chi connectivity index (χ3v) is 8.10. The average molecular weight is 192 g/mol. The molecule has 0 aliphatic rings. The summed E-state index contributed by atoms with van der Waals surface area (Å²) in [6.07, 6.45) is 0. The molecule has 0 saturated heterocycles. The summed E-state index contributed by atoms with van der Waals surface area (Å²) in [6, 6.07) is 0. The Labute approximate surface area is 47.7 Å². The van der Waals surface area contributed by atoms with Crippen LogP contribution in [0.25, 0.3) is 0 Å². The molecule has 0 aromatic rings. The summed E-state index contributed by atoms with van der Waals surface area (Å²) < 4.78 is 3.05. The van der Waals surface area contributed by atoms with E-state index >= 15 is 0 Å². The summed E-state index contributed by atoms with van der Waals surface area (Å²) in [5, 5.41) is 0. The zero-order valence-electron chi connectivity index (χ0n) is 4.91. The molecular weight excluding hydrogens is 179 g/mol. The molecule has 0 aromatic carbocycles. The SMILES string of the molecule is C[CH2][Sn]([CH3])[CH2]C. The van der Waals surface area contributed by atoms with Crippen molar-refractivity contribution in [2.24, 2.45) is 0 Å². The molecule has 0 nitrogen and oxygen atoms in total. The molecule has 0 aromatic heterocycles. The molecule has 0 N–H and O–H groups in total. The van der Waals surface area contributed by atoms with E-state index in [-0.39, 0.29) is 0 Å². The van der Waals surface area contributed by atoms with Gasteiger partial charge < -0.3 is 0 Å². The van der Waals surface area contributed by atoms with Gasteiger partial charge in [-0.05, 0) is 0 Å². The monoisotopic (exact) mass is 193 g/mol. The Morgan fingerprint density at radius 3 is 1.50 bits per heavy atom. The fourth-order valence-corrected chi connectivity index (χ4v) is 1.68. The van der Waals surface area contributed by atoms with Gasteiger partial charge in [-0.1, -0.05) is 0 Å². The molecule has 0 aliphatic carbocycles. The van der Waals surface area contributed by atoms with Crippen LogP contribution in [-0.4, -0.2) is 19.8 Å². The van der Waals surface area contributed by atoms with Crippen molar-refractivity contribution in [3.8, 4) is 0 Å². The van der Waals surface area contributed by atoms with Crippen LogP contribution in [0.4, 0.5) is 0 Å². The predicted octanol–water partition coefficient (Wildman–Crippen LogP) is 2.15. The third-order valence-electron chi connectivity index (χ3n) is 1.21. The maximum atomic E-state index is 2.47. The maximum absolute atomic E-state index is 2.47. The van der Waals surface area contributed by atoms with E-state index in [9.17, 15) is 0 Å². The van der Waals surface area contributed by atoms with Gasteiger partial charge in [-0.3, -0.25) is 0 Å². The molecule has 37 valence electrons. The van der Waals surface area contributed by atoms with E-state index in [0.717, 1.165) is 0 Å². The minimum absolute atomic E-state index is 0.616. The first-order valence-electron chi connectivity index (χ1n) is 2.62. The molecule has 0 amide bonds.